The van der Waals surface area contributed by atoms with E-state index in [9.17, 15) is 0 Å². The van der Waals surface area contributed by atoms with E-state index in [-0.39, 0.29) is 0 Å². The second-order valence-electron chi connectivity index (χ2n) is 4.64. The van der Waals surface area contributed by atoms with Crippen molar-refractivity contribution < 1.29 is 4.42 Å². The van der Waals surface area contributed by atoms with Crippen LogP contribution in [0.5, 0.6) is 0 Å². The van der Waals surface area contributed by atoms with Crippen molar-refractivity contribution in [3.8, 4) is 11.3 Å². The van der Waals surface area contributed by atoms with Gasteiger partial charge in [-0.05, 0) is 48.2 Å². The van der Waals surface area contributed by atoms with E-state index in [1.54, 1.807) is 18.0 Å². The fraction of sp³-hybridized carbons (Fsp3) is 0.118. The number of anilines is 1. The Kier molecular flexibility index (Phi) is 4.26. The fourth-order valence-corrected chi connectivity index (χ4v) is 2.47. The lowest BCUT2D eigenvalue weighted by Gasteiger charge is -2.07. The van der Waals surface area contributed by atoms with Crippen LogP contribution in [0, 0.1) is 0 Å². The number of rotatable bonds is 5. The number of oxazole rings is 1. The van der Waals surface area contributed by atoms with Crippen molar-refractivity contribution >= 4 is 17.4 Å². The summed E-state index contributed by atoms with van der Waals surface area (Å²) in [7, 11) is 0. The molecule has 1 N–H and O–H groups in total. The fourth-order valence-electron chi connectivity index (χ4n) is 2.06. The third-order valence-electron chi connectivity index (χ3n) is 3.26. The zero-order chi connectivity index (χ0) is 14.5. The Hall–Kier alpha value is -2.20. The average Bonchev–Trinajstić information content (AvgIpc) is 3.08. The summed E-state index contributed by atoms with van der Waals surface area (Å²) in [5.74, 6) is 0.786. The molecule has 0 unspecified atom stereocenters. The van der Waals surface area contributed by atoms with E-state index in [4.69, 9.17) is 4.42 Å². The Morgan fingerprint density at radius 2 is 1.81 bits per heavy atom. The molecule has 0 aliphatic heterocycles. The first-order valence-electron chi connectivity index (χ1n) is 6.71. The minimum Gasteiger partial charge on any atom is -0.444 e. The molecular weight excluding hydrogens is 280 g/mol. The van der Waals surface area contributed by atoms with Crippen LogP contribution in [-0.4, -0.2) is 11.2 Å². The minimum atomic E-state index is 0.786. The zero-order valence-corrected chi connectivity index (χ0v) is 12.6. The van der Waals surface area contributed by atoms with E-state index in [1.165, 1.54) is 16.9 Å². The maximum atomic E-state index is 5.28. The molecule has 106 valence electrons. The highest BCUT2D eigenvalue weighted by Crippen LogP contribution is 2.21. The predicted octanol–water partition coefficient (Wildman–Crippen LogP) is 4.68. The van der Waals surface area contributed by atoms with E-state index in [1.807, 2.05) is 24.3 Å². The number of nitrogens with zero attached hydrogens (tertiary/aromatic N) is 1. The van der Waals surface area contributed by atoms with Crippen LogP contribution in [0.3, 0.4) is 0 Å². The average molecular weight is 296 g/mol. The van der Waals surface area contributed by atoms with Crippen molar-refractivity contribution in [1.29, 1.82) is 0 Å². The van der Waals surface area contributed by atoms with Crippen molar-refractivity contribution in [1.82, 2.24) is 4.98 Å². The number of hydrogen-bond donors (Lipinski definition) is 1. The van der Waals surface area contributed by atoms with Crippen molar-refractivity contribution in [3.63, 3.8) is 0 Å². The van der Waals surface area contributed by atoms with E-state index in [0.29, 0.717) is 0 Å². The van der Waals surface area contributed by atoms with Crippen LogP contribution in [-0.2, 0) is 6.54 Å². The van der Waals surface area contributed by atoms with Crippen molar-refractivity contribution in [2.24, 2.45) is 0 Å². The number of thioether (sulfide) groups is 1. The molecule has 0 aliphatic rings. The van der Waals surface area contributed by atoms with Crippen LogP contribution in [0.4, 0.5) is 5.69 Å². The van der Waals surface area contributed by atoms with Crippen LogP contribution in [0.1, 0.15) is 5.56 Å². The lowest BCUT2D eigenvalue weighted by atomic mass is 10.1. The molecule has 0 amide bonds. The molecule has 3 nitrogen and oxygen atoms in total. The Morgan fingerprint density at radius 1 is 1.05 bits per heavy atom. The molecule has 0 aliphatic carbocycles. The summed E-state index contributed by atoms with van der Waals surface area (Å²) in [6.45, 7) is 0.816. The maximum absolute atomic E-state index is 5.28. The van der Waals surface area contributed by atoms with Gasteiger partial charge in [-0.1, -0.05) is 12.1 Å². The van der Waals surface area contributed by atoms with E-state index >= 15 is 0 Å². The highest BCUT2D eigenvalue weighted by molar-refractivity contribution is 7.98. The molecule has 3 rings (SSSR count). The van der Waals surface area contributed by atoms with Crippen LogP contribution in [0.15, 0.2) is 70.4 Å². The maximum Gasteiger partial charge on any atom is 0.181 e. The van der Waals surface area contributed by atoms with Gasteiger partial charge in [-0.3, -0.25) is 0 Å². The Labute approximate surface area is 128 Å². The molecule has 0 atom stereocenters. The quantitative estimate of drug-likeness (QED) is 0.694. The van der Waals surface area contributed by atoms with Gasteiger partial charge in [0.25, 0.3) is 0 Å². The minimum absolute atomic E-state index is 0.786. The summed E-state index contributed by atoms with van der Waals surface area (Å²) >= 11 is 1.76. The molecule has 0 saturated heterocycles. The number of aromatic nitrogens is 1. The zero-order valence-electron chi connectivity index (χ0n) is 11.7. The topological polar surface area (TPSA) is 38.1 Å². The second kappa shape index (κ2) is 6.50. The van der Waals surface area contributed by atoms with Crippen molar-refractivity contribution in [3.05, 3.63) is 66.7 Å². The molecule has 0 radical (unpaired) electrons. The molecule has 1 heterocycles. The molecule has 1 aromatic heterocycles. The third kappa shape index (κ3) is 3.47. The summed E-state index contributed by atoms with van der Waals surface area (Å²) in [6.07, 6.45) is 5.25. The predicted molar refractivity (Wildman–Crippen MR) is 87.5 cm³/mol. The van der Waals surface area contributed by atoms with E-state index in [2.05, 4.69) is 40.8 Å². The monoisotopic (exact) mass is 296 g/mol. The summed E-state index contributed by atoms with van der Waals surface area (Å²) in [4.78, 5) is 5.21. The molecule has 3 aromatic rings. The molecule has 21 heavy (non-hydrogen) atoms. The third-order valence-corrected chi connectivity index (χ3v) is 4.00. The van der Waals surface area contributed by atoms with Gasteiger partial charge in [0.1, 0.15) is 0 Å². The van der Waals surface area contributed by atoms with Gasteiger partial charge in [-0.15, -0.1) is 11.8 Å². The van der Waals surface area contributed by atoms with Crippen LogP contribution < -0.4 is 5.32 Å². The first-order chi connectivity index (χ1) is 10.3. The van der Waals surface area contributed by atoms with Gasteiger partial charge in [-0.2, -0.15) is 0 Å². The molecule has 0 saturated carbocycles. The largest absolute Gasteiger partial charge is 0.444 e. The molecule has 4 heteroatoms. The summed E-state index contributed by atoms with van der Waals surface area (Å²) in [5.41, 5.74) is 3.39. The van der Waals surface area contributed by atoms with Gasteiger partial charge in [0.15, 0.2) is 12.2 Å². The summed E-state index contributed by atoms with van der Waals surface area (Å²) in [6, 6.07) is 16.8. The first-order valence-corrected chi connectivity index (χ1v) is 7.93. The van der Waals surface area contributed by atoms with Gasteiger partial charge in [0.05, 0.1) is 6.20 Å². The van der Waals surface area contributed by atoms with Crippen LogP contribution >= 0.6 is 11.8 Å². The Bertz CT molecular complexity index is 676. The van der Waals surface area contributed by atoms with Crippen LogP contribution in [0.2, 0.25) is 0 Å². The molecule has 0 spiro atoms. The first kappa shape index (κ1) is 13.8. The Morgan fingerprint density at radius 3 is 2.43 bits per heavy atom. The number of benzene rings is 2. The SMILES string of the molecule is CSc1ccc(CNc2ccc(-c3cnco3)cc2)cc1. The summed E-state index contributed by atoms with van der Waals surface area (Å²) in [5, 5.41) is 3.42. The van der Waals surface area contributed by atoms with Gasteiger partial charge in [-0.25, -0.2) is 4.98 Å². The normalized spacial score (nSPS) is 10.5. The van der Waals surface area contributed by atoms with E-state index < -0.39 is 0 Å². The number of hydrogen-bond acceptors (Lipinski definition) is 4. The Balaban J connectivity index is 1.62. The smallest absolute Gasteiger partial charge is 0.181 e. The lowest BCUT2D eigenvalue weighted by Crippen LogP contribution is -1.98. The van der Waals surface area contributed by atoms with Crippen molar-refractivity contribution in [2.75, 3.05) is 11.6 Å². The summed E-state index contributed by atoms with van der Waals surface area (Å²) < 4.78 is 5.28. The highest BCUT2D eigenvalue weighted by Gasteiger charge is 2.01. The van der Waals surface area contributed by atoms with E-state index in [0.717, 1.165) is 23.6 Å². The molecule has 0 bridgehead atoms. The highest BCUT2D eigenvalue weighted by atomic mass is 32.2. The van der Waals surface area contributed by atoms with Crippen molar-refractivity contribution in [2.45, 2.75) is 11.4 Å². The molecular formula is C17H16N2OS. The van der Waals surface area contributed by atoms with Crippen LogP contribution in [0.25, 0.3) is 11.3 Å². The lowest BCUT2D eigenvalue weighted by molar-refractivity contribution is 0.572. The van der Waals surface area contributed by atoms with Gasteiger partial charge >= 0.3 is 0 Å². The van der Waals surface area contributed by atoms with Gasteiger partial charge in [0, 0.05) is 22.7 Å². The second-order valence-corrected chi connectivity index (χ2v) is 5.52. The van der Waals surface area contributed by atoms with Gasteiger partial charge < -0.3 is 9.73 Å². The number of nitrogens with one attached hydrogen (secondary N) is 1. The standard InChI is InChI=1S/C17H16N2OS/c1-21-16-8-2-13(3-9-16)10-19-15-6-4-14(5-7-15)17-11-18-12-20-17/h2-9,11-12,19H,10H2,1H3. The molecule has 2 aromatic carbocycles. The van der Waals surface area contributed by atoms with Gasteiger partial charge in [0.2, 0.25) is 0 Å². The molecule has 0 fully saturated rings.